The third kappa shape index (κ3) is 2.90. The first-order valence-electron chi connectivity index (χ1n) is 5.15. The molecule has 2 rings (SSSR count). The molecule has 1 heterocycles. The maximum atomic E-state index is 12.9. The summed E-state index contributed by atoms with van der Waals surface area (Å²) in [5.74, 6) is -0.269. The summed E-state index contributed by atoms with van der Waals surface area (Å²) >= 11 is 5.24. The minimum atomic E-state index is -0.269. The predicted molar refractivity (Wildman–Crippen MR) is 65.0 cm³/mol. The molecule has 0 unspecified atom stereocenters. The molecule has 1 aromatic rings. The Bertz CT molecular complexity index is 380. The summed E-state index contributed by atoms with van der Waals surface area (Å²) < 4.78 is 18.2. The average Bonchev–Trinajstić information content (AvgIpc) is 2.30. The molecule has 1 N–H and O–H groups in total. The Morgan fingerprint density at radius 2 is 2.12 bits per heavy atom. The fourth-order valence-electron chi connectivity index (χ4n) is 1.54. The van der Waals surface area contributed by atoms with E-state index in [-0.39, 0.29) is 5.82 Å². The lowest BCUT2D eigenvalue weighted by atomic mass is 10.3. The van der Waals surface area contributed by atoms with Crippen molar-refractivity contribution in [1.29, 1.82) is 0 Å². The molecule has 0 spiro atoms. The quantitative estimate of drug-likeness (QED) is 0.757. The van der Waals surface area contributed by atoms with Crippen LogP contribution in [0.2, 0.25) is 0 Å². The molecule has 0 saturated carbocycles. The minimum Gasteiger partial charge on any atom is -0.378 e. The molecule has 86 valence electrons. The molecule has 0 bridgehead atoms. The van der Waals surface area contributed by atoms with Gasteiger partial charge in [0, 0.05) is 18.8 Å². The van der Waals surface area contributed by atoms with E-state index < -0.39 is 0 Å². The first kappa shape index (κ1) is 11.3. The van der Waals surface area contributed by atoms with Gasteiger partial charge in [-0.05, 0) is 30.4 Å². The van der Waals surface area contributed by atoms with Crippen LogP contribution in [-0.2, 0) is 4.74 Å². The van der Waals surface area contributed by atoms with E-state index in [1.807, 2.05) is 4.90 Å². The first-order chi connectivity index (χ1) is 7.75. The second-order valence-corrected chi connectivity index (χ2v) is 3.93. The van der Waals surface area contributed by atoms with Gasteiger partial charge in [-0.2, -0.15) is 0 Å². The molecule has 0 atom stereocenters. The van der Waals surface area contributed by atoms with Crippen LogP contribution in [0.4, 0.5) is 10.1 Å². The van der Waals surface area contributed by atoms with E-state index in [1.165, 1.54) is 12.1 Å². The minimum absolute atomic E-state index is 0.269. The molecule has 1 aliphatic rings. The van der Waals surface area contributed by atoms with Crippen LogP contribution in [0.5, 0.6) is 0 Å². The zero-order valence-corrected chi connectivity index (χ0v) is 9.60. The predicted octanol–water partition coefficient (Wildman–Crippen LogP) is 1.85. The highest BCUT2D eigenvalue weighted by molar-refractivity contribution is 7.80. The summed E-state index contributed by atoms with van der Waals surface area (Å²) in [6.07, 6.45) is 0. The van der Waals surface area contributed by atoms with Crippen molar-refractivity contribution in [3.63, 3.8) is 0 Å². The molecule has 0 aromatic heterocycles. The van der Waals surface area contributed by atoms with Gasteiger partial charge in [0.25, 0.3) is 0 Å². The topological polar surface area (TPSA) is 24.5 Å². The number of anilines is 1. The van der Waals surface area contributed by atoms with Crippen molar-refractivity contribution in [2.75, 3.05) is 31.6 Å². The lowest BCUT2D eigenvalue weighted by Gasteiger charge is -2.29. The van der Waals surface area contributed by atoms with Gasteiger partial charge >= 0.3 is 0 Å². The zero-order chi connectivity index (χ0) is 11.4. The fourth-order valence-corrected chi connectivity index (χ4v) is 1.84. The first-order valence-corrected chi connectivity index (χ1v) is 5.56. The van der Waals surface area contributed by atoms with Crippen molar-refractivity contribution in [2.45, 2.75) is 0 Å². The van der Waals surface area contributed by atoms with Crippen molar-refractivity contribution in [1.82, 2.24) is 4.90 Å². The van der Waals surface area contributed by atoms with E-state index >= 15 is 0 Å². The smallest absolute Gasteiger partial charge is 0.173 e. The van der Waals surface area contributed by atoms with Gasteiger partial charge in [0.15, 0.2) is 5.11 Å². The Morgan fingerprint density at radius 3 is 2.81 bits per heavy atom. The SMILES string of the molecule is Fc1cccc(NC(=S)N2CCOCC2)c1. The number of benzene rings is 1. The molecule has 1 saturated heterocycles. The Labute approximate surface area is 99.2 Å². The number of nitrogens with zero attached hydrogens (tertiary/aromatic N) is 1. The summed E-state index contributed by atoms with van der Waals surface area (Å²) in [5, 5.41) is 3.63. The monoisotopic (exact) mass is 240 g/mol. The van der Waals surface area contributed by atoms with Crippen LogP contribution in [-0.4, -0.2) is 36.3 Å². The Kier molecular flexibility index (Phi) is 3.69. The Hall–Kier alpha value is -1.20. The normalized spacial score (nSPS) is 15.9. The van der Waals surface area contributed by atoms with E-state index in [2.05, 4.69) is 5.32 Å². The number of morpholine rings is 1. The van der Waals surface area contributed by atoms with Crippen LogP contribution in [0, 0.1) is 5.82 Å². The highest BCUT2D eigenvalue weighted by atomic mass is 32.1. The average molecular weight is 240 g/mol. The van der Waals surface area contributed by atoms with Crippen LogP contribution in [0.3, 0.4) is 0 Å². The molecule has 1 aromatic carbocycles. The van der Waals surface area contributed by atoms with Crippen molar-refractivity contribution in [2.24, 2.45) is 0 Å². The van der Waals surface area contributed by atoms with Crippen molar-refractivity contribution in [3.8, 4) is 0 Å². The van der Waals surface area contributed by atoms with Gasteiger partial charge in [-0.15, -0.1) is 0 Å². The number of thiocarbonyl (C=S) groups is 1. The largest absolute Gasteiger partial charge is 0.378 e. The number of halogens is 1. The van der Waals surface area contributed by atoms with Gasteiger partial charge in [0.1, 0.15) is 5.82 Å². The third-order valence-corrected chi connectivity index (χ3v) is 2.73. The van der Waals surface area contributed by atoms with Gasteiger partial charge in [-0.3, -0.25) is 0 Å². The van der Waals surface area contributed by atoms with Crippen molar-refractivity contribution < 1.29 is 9.13 Å². The third-order valence-electron chi connectivity index (χ3n) is 2.37. The number of rotatable bonds is 1. The molecular weight excluding hydrogens is 227 g/mol. The van der Waals surface area contributed by atoms with E-state index in [0.29, 0.717) is 24.0 Å². The molecule has 0 radical (unpaired) electrons. The van der Waals surface area contributed by atoms with Gasteiger partial charge in [0.2, 0.25) is 0 Å². The van der Waals surface area contributed by atoms with Gasteiger partial charge in [-0.1, -0.05) is 6.07 Å². The highest BCUT2D eigenvalue weighted by Crippen LogP contribution is 2.10. The molecule has 0 amide bonds. The molecule has 16 heavy (non-hydrogen) atoms. The van der Waals surface area contributed by atoms with E-state index in [9.17, 15) is 4.39 Å². The molecule has 3 nitrogen and oxygen atoms in total. The summed E-state index contributed by atoms with van der Waals surface area (Å²) in [5.41, 5.74) is 0.677. The van der Waals surface area contributed by atoms with Crippen molar-refractivity contribution >= 4 is 23.0 Å². The number of ether oxygens (including phenoxy) is 1. The van der Waals surface area contributed by atoms with Gasteiger partial charge < -0.3 is 15.0 Å². The molecule has 0 aliphatic carbocycles. The lowest BCUT2D eigenvalue weighted by Crippen LogP contribution is -2.42. The van der Waals surface area contributed by atoms with E-state index in [1.54, 1.807) is 12.1 Å². The standard InChI is InChI=1S/C11H13FN2OS/c12-9-2-1-3-10(8-9)13-11(16)14-4-6-15-7-5-14/h1-3,8H,4-7H2,(H,13,16). The lowest BCUT2D eigenvalue weighted by molar-refractivity contribution is 0.0690. The van der Waals surface area contributed by atoms with Gasteiger partial charge in [0.05, 0.1) is 13.2 Å². The number of hydrogen-bond donors (Lipinski definition) is 1. The Balaban J connectivity index is 1.96. The second-order valence-electron chi connectivity index (χ2n) is 3.54. The molecule has 1 aliphatic heterocycles. The summed E-state index contributed by atoms with van der Waals surface area (Å²) in [6.45, 7) is 2.93. The molecule has 5 heteroatoms. The molecule has 1 fully saturated rings. The van der Waals surface area contributed by atoms with E-state index in [4.69, 9.17) is 17.0 Å². The van der Waals surface area contributed by atoms with Crippen molar-refractivity contribution in [3.05, 3.63) is 30.1 Å². The van der Waals surface area contributed by atoms with Gasteiger partial charge in [-0.25, -0.2) is 4.39 Å². The molecular formula is C11H13FN2OS. The van der Waals surface area contributed by atoms with Crippen LogP contribution in [0.1, 0.15) is 0 Å². The number of hydrogen-bond acceptors (Lipinski definition) is 2. The number of nitrogens with one attached hydrogen (secondary N) is 1. The summed E-state index contributed by atoms with van der Waals surface area (Å²) in [7, 11) is 0. The highest BCUT2D eigenvalue weighted by Gasteiger charge is 2.13. The fraction of sp³-hybridized carbons (Fsp3) is 0.364. The van der Waals surface area contributed by atoms with E-state index in [0.717, 1.165) is 13.1 Å². The van der Waals surface area contributed by atoms with Crippen LogP contribution in [0.15, 0.2) is 24.3 Å². The maximum absolute atomic E-state index is 12.9. The van der Waals surface area contributed by atoms with Crippen LogP contribution >= 0.6 is 12.2 Å². The summed E-state index contributed by atoms with van der Waals surface area (Å²) in [6, 6.07) is 6.27. The van der Waals surface area contributed by atoms with Crippen LogP contribution < -0.4 is 5.32 Å². The zero-order valence-electron chi connectivity index (χ0n) is 8.78. The maximum Gasteiger partial charge on any atom is 0.173 e. The Morgan fingerprint density at radius 1 is 1.38 bits per heavy atom. The second kappa shape index (κ2) is 5.23. The summed E-state index contributed by atoms with van der Waals surface area (Å²) in [4.78, 5) is 2.02. The van der Waals surface area contributed by atoms with Crippen LogP contribution in [0.25, 0.3) is 0 Å².